The molecule has 0 radical (unpaired) electrons. The number of benzene rings is 1. The standard InChI is InChI=1S/C24H20N4O4S/c1-14-21(16-12-15(30-3)8-9-17(16)28(14)2)18(29)13-33-24-25-22(19-6-4-10-31-19)23(26-27-24)20-7-5-11-32-20/h4-12H,13H2,1-3H3. The number of aromatic nitrogens is 4. The van der Waals surface area contributed by atoms with Crippen LogP contribution in [-0.4, -0.2) is 38.4 Å². The number of ether oxygens (including phenoxy) is 1. The Balaban J connectivity index is 1.45. The SMILES string of the molecule is COc1ccc2c(c1)c(C(=O)CSc1nnc(-c3ccco3)c(-c3ccco3)n1)c(C)n2C. The minimum atomic E-state index is -0.0189. The molecule has 0 spiro atoms. The van der Waals surface area contributed by atoms with Crippen LogP contribution in [-0.2, 0) is 7.05 Å². The first-order chi connectivity index (χ1) is 16.1. The van der Waals surface area contributed by atoms with Crippen LogP contribution in [0.3, 0.4) is 0 Å². The van der Waals surface area contributed by atoms with Gasteiger partial charge in [0.15, 0.2) is 23.0 Å². The van der Waals surface area contributed by atoms with E-state index in [9.17, 15) is 4.79 Å². The third kappa shape index (κ3) is 3.80. The van der Waals surface area contributed by atoms with Crippen LogP contribution in [0.4, 0.5) is 0 Å². The van der Waals surface area contributed by atoms with Crippen molar-refractivity contribution in [1.82, 2.24) is 19.7 Å². The molecule has 0 aliphatic heterocycles. The summed E-state index contributed by atoms with van der Waals surface area (Å²) >= 11 is 1.23. The maximum Gasteiger partial charge on any atom is 0.210 e. The number of fused-ring (bicyclic) bond motifs is 1. The normalized spacial score (nSPS) is 11.2. The smallest absolute Gasteiger partial charge is 0.210 e. The minimum absolute atomic E-state index is 0.0189. The number of carbonyl (C=O) groups excluding carboxylic acids is 1. The summed E-state index contributed by atoms with van der Waals surface area (Å²) in [6, 6.07) is 12.9. The second-order valence-electron chi connectivity index (χ2n) is 7.36. The van der Waals surface area contributed by atoms with Gasteiger partial charge in [-0.25, -0.2) is 4.98 Å². The largest absolute Gasteiger partial charge is 0.497 e. The number of hydrogen-bond donors (Lipinski definition) is 0. The Morgan fingerprint density at radius 1 is 1.06 bits per heavy atom. The topological polar surface area (TPSA) is 96.2 Å². The molecule has 0 N–H and O–H groups in total. The highest BCUT2D eigenvalue weighted by molar-refractivity contribution is 7.99. The lowest BCUT2D eigenvalue weighted by molar-refractivity contribution is 0.102. The summed E-state index contributed by atoms with van der Waals surface area (Å²) in [4.78, 5) is 17.9. The van der Waals surface area contributed by atoms with Crippen molar-refractivity contribution in [2.24, 2.45) is 7.05 Å². The van der Waals surface area contributed by atoms with E-state index in [1.807, 2.05) is 36.7 Å². The lowest BCUT2D eigenvalue weighted by atomic mass is 10.1. The van der Waals surface area contributed by atoms with Crippen molar-refractivity contribution in [3.63, 3.8) is 0 Å². The molecule has 4 aromatic heterocycles. The van der Waals surface area contributed by atoms with E-state index in [0.29, 0.717) is 39.4 Å². The van der Waals surface area contributed by atoms with Crippen LogP contribution in [0.2, 0.25) is 0 Å². The molecule has 4 heterocycles. The zero-order valence-corrected chi connectivity index (χ0v) is 19.0. The Morgan fingerprint density at radius 3 is 2.45 bits per heavy atom. The first-order valence-electron chi connectivity index (χ1n) is 10.2. The number of thioether (sulfide) groups is 1. The van der Waals surface area contributed by atoms with E-state index in [4.69, 9.17) is 13.6 Å². The average Bonchev–Trinajstić information content (AvgIpc) is 3.60. The number of aryl methyl sites for hydroxylation is 1. The first kappa shape index (κ1) is 21.0. The number of hydrogen-bond acceptors (Lipinski definition) is 8. The van der Waals surface area contributed by atoms with Crippen molar-refractivity contribution in [2.45, 2.75) is 12.1 Å². The minimum Gasteiger partial charge on any atom is -0.497 e. The quantitative estimate of drug-likeness (QED) is 0.242. The summed E-state index contributed by atoms with van der Waals surface area (Å²) in [5, 5.41) is 9.75. The zero-order valence-electron chi connectivity index (χ0n) is 18.2. The number of nitrogens with zero attached hydrogens (tertiary/aromatic N) is 4. The monoisotopic (exact) mass is 460 g/mol. The molecule has 0 fully saturated rings. The molecular formula is C24H20N4O4S. The summed E-state index contributed by atoms with van der Waals surface area (Å²) in [6.07, 6.45) is 3.13. The Bertz CT molecular complexity index is 1440. The molecule has 5 rings (SSSR count). The van der Waals surface area contributed by atoms with Gasteiger partial charge in [0.2, 0.25) is 5.16 Å². The van der Waals surface area contributed by atoms with E-state index >= 15 is 0 Å². The molecular weight excluding hydrogens is 440 g/mol. The van der Waals surface area contributed by atoms with Gasteiger partial charge in [0.25, 0.3) is 0 Å². The van der Waals surface area contributed by atoms with Gasteiger partial charge in [-0.1, -0.05) is 11.8 Å². The molecule has 0 atom stereocenters. The summed E-state index contributed by atoms with van der Waals surface area (Å²) in [5.74, 6) is 1.93. The number of Topliss-reactive ketones (excluding diaryl/α,β-unsaturated/α-hetero) is 1. The lowest BCUT2D eigenvalue weighted by Gasteiger charge is -2.06. The van der Waals surface area contributed by atoms with E-state index in [0.717, 1.165) is 16.6 Å². The van der Waals surface area contributed by atoms with Crippen molar-refractivity contribution < 1.29 is 18.4 Å². The summed E-state index contributed by atoms with van der Waals surface area (Å²) in [6.45, 7) is 1.94. The highest BCUT2D eigenvalue weighted by atomic mass is 32.2. The number of rotatable bonds is 7. The third-order valence-corrected chi connectivity index (χ3v) is 6.32. The van der Waals surface area contributed by atoms with Crippen molar-refractivity contribution in [2.75, 3.05) is 12.9 Å². The number of furan rings is 2. The predicted octanol–water partition coefficient (Wildman–Crippen LogP) is 5.18. The molecule has 5 aromatic rings. The second kappa shape index (κ2) is 8.59. The van der Waals surface area contributed by atoms with E-state index in [2.05, 4.69) is 15.2 Å². The van der Waals surface area contributed by atoms with Crippen molar-refractivity contribution in [3.05, 3.63) is 66.2 Å². The number of carbonyl (C=O) groups is 1. The molecule has 0 amide bonds. The molecule has 0 bridgehead atoms. The fourth-order valence-corrected chi connectivity index (χ4v) is 4.43. The van der Waals surface area contributed by atoms with Crippen LogP contribution in [0.15, 0.2) is 69.0 Å². The van der Waals surface area contributed by atoms with Gasteiger partial charge in [-0.3, -0.25) is 4.79 Å². The zero-order chi connectivity index (χ0) is 22.9. The molecule has 33 heavy (non-hydrogen) atoms. The fraction of sp³-hybridized carbons (Fsp3) is 0.167. The van der Waals surface area contributed by atoms with Gasteiger partial charge >= 0.3 is 0 Å². The average molecular weight is 461 g/mol. The summed E-state index contributed by atoms with van der Waals surface area (Å²) in [7, 11) is 3.56. The van der Waals surface area contributed by atoms with Gasteiger partial charge < -0.3 is 18.1 Å². The maximum atomic E-state index is 13.2. The third-order valence-electron chi connectivity index (χ3n) is 5.49. The van der Waals surface area contributed by atoms with Gasteiger partial charge in [-0.2, -0.15) is 0 Å². The number of ketones is 1. The molecule has 0 saturated heterocycles. The van der Waals surface area contributed by atoms with Crippen LogP contribution in [0.5, 0.6) is 5.75 Å². The van der Waals surface area contributed by atoms with E-state index in [1.54, 1.807) is 43.9 Å². The fourth-order valence-electron chi connectivity index (χ4n) is 3.77. The Kier molecular flexibility index (Phi) is 5.47. The van der Waals surface area contributed by atoms with Gasteiger partial charge in [0, 0.05) is 29.2 Å². The van der Waals surface area contributed by atoms with Gasteiger partial charge in [0.1, 0.15) is 11.4 Å². The van der Waals surface area contributed by atoms with Gasteiger partial charge in [0.05, 0.1) is 25.4 Å². The van der Waals surface area contributed by atoms with Crippen LogP contribution < -0.4 is 4.74 Å². The molecule has 0 aliphatic rings. The van der Waals surface area contributed by atoms with Crippen LogP contribution in [0, 0.1) is 6.92 Å². The van der Waals surface area contributed by atoms with Crippen molar-refractivity contribution in [1.29, 1.82) is 0 Å². The van der Waals surface area contributed by atoms with Crippen molar-refractivity contribution >= 4 is 28.4 Å². The Morgan fingerprint density at radius 2 is 1.79 bits per heavy atom. The number of methoxy groups -OCH3 is 1. The molecule has 8 nitrogen and oxygen atoms in total. The maximum absolute atomic E-state index is 13.2. The van der Waals surface area contributed by atoms with Crippen LogP contribution in [0.25, 0.3) is 33.8 Å². The molecule has 0 saturated carbocycles. The Hall–Kier alpha value is -3.85. The van der Waals surface area contributed by atoms with Gasteiger partial charge in [-0.05, 0) is 49.4 Å². The van der Waals surface area contributed by atoms with Gasteiger partial charge in [-0.15, -0.1) is 10.2 Å². The van der Waals surface area contributed by atoms with Crippen molar-refractivity contribution in [3.8, 4) is 28.7 Å². The van der Waals surface area contributed by atoms with E-state index in [1.165, 1.54) is 11.8 Å². The van der Waals surface area contributed by atoms with E-state index in [-0.39, 0.29) is 11.5 Å². The molecule has 0 unspecified atom stereocenters. The predicted molar refractivity (Wildman–Crippen MR) is 124 cm³/mol. The van der Waals surface area contributed by atoms with E-state index < -0.39 is 0 Å². The first-order valence-corrected chi connectivity index (χ1v) is 11.2. The molecule has 166 valence electrons. The van der Waals surface area contributed by atoms with Crippen LogP contribution in [0.1, 0.15) is 16.1 Å². The molecule has 0 aliphatic carbocycles. The highest BCUT2D eigenvalue weighted by Crippen LogP contribution is 2.32. The Labute approximate surface area is 193 Å². The summed E-state index contributed by atoms with van der Waals surface area (Å²) < 4.78 is 18.4. The lowest BCUT2D eigenvalue weighted by Crippen LogP contribution is -2.06. The second-order valence-corrected chi connectivity index (χ2v) is 8.30. The van der Waals surface area contributed by atoms with Crippen LogP contribution >= 0.6 is 11.8 Å². The highest BCUT2D eigenvalue weighted by Gasteiger charge is 2.21. The molecule has 9 heteroatoms. The summed E-state index contributed by atoms with van der Waals surface area (Å²) in [5.41, 5.74) is 3.52. The molecule has 1 aromatic carbocycles.